The molecule has 32 heavy (non-hydrogen) atoms. The van der Waals surface area contributed by atoms with Crippen molar-refractivity contribution < 1.29 is 27.4 Å². The Morgan fingerprint density at radius 3 is 2.25 bits per heavy atom. The fraction of sp³-hybridized carbons (Fsp3) is 0.269. The number of aryl methyl sites for hydroxylation is 2. The van der Waals surface area contributed by atoms with Crippen LogP contribution in [0.3, 0.4) is 0 Å². The molecular weight excluding hydrogens is 417 g/mol. The van der Waals surface area contributed by atoms with Crippen LogP contribution in [-0.2, 0) is 19.3 Å². The van der Waals surface area contributed by atoms with E-state index in [0.717, 1.165) is 24.8 Å². The Hall–Kier alpha value is -3.28. The summed E-state index contributed by atoms with van der Waals surface area (Å²) in [7, 11) is 0. The molecule has 3 aromatic carbocycles. The lowest BCUT2D eigenvalue weighted by atomic mass is 9.97. The molecular formula is C26H23F3O3. The molecule has 3 aromatic rings. The first-order valence-electron chi connectivity index (χ1n) is 10.7. The molecule has 1 aliphatic rings. The number of carbonyl (C=O) groups is 1. The van der Waals surface area contributed by atoms with Crippen LogP contribution in [0.15, 0.2) is 42.5 Å². The second-order valence-electron chi connectivity index (χ2n) is 7.88. The van der Waals surface area contributed by atoms with Crippen LogP contribution in [0.5, 0.6) is 17.2 Å². The van der Waals surface area contributed by atoms with Crippen LogP contribution in [0, 0.1) is 17.5 Å². The first kappa shape index (κ1) is 21.9. The lowest BCUT2D eigenvalue weighted by Gasteiger charge is -2.23. The fourth-order valence-corrected chi connectivity index (χ4v) is 3.86. The van der Waals surface area contributed by atoms with Crippen LogP contribution in [0.4, 0.5) is 13.2 Å². The molecule has 0 saturated heterocycles. The molecule has 0 atom stereocenters. The standard InChI is InChI=1S/C26H23F3O3/c1-3-5-15-7-9-17(10-8-15)26(30)31-20-14-19-13-18-12-11-16(6-4-2)21(27)24(18)32-25(19)23(29)22(20)28/h7-12,14H,3-6,13H2,1-2H3. The molecule has 0 bridgehead atoms. The highest BCUT2D eigenvalue weighted by atomic mass is 19.2. The molecule has 0 fully saturated rings. The minimum atomic E-state index is -1.35. The second-order valence-corrected chi connectivity index (χ2v) is 7.88. The van der Waals surface area contributed by atoms with Crippen molar-refractivity contribution in [2.75, 3.05) is 0 Å². The van der Waals surface area contributed by atoms with Crippen LogP contribution in [-0.4, -0.2) is 5.97 Å². The predicted molar refractivity (Wildman–Crippen MR) is 115 cm³/mol. The van der Waals surface area contributed by atoms with E-state index in [0.29, 0.717) is 17.5 Å². The maximum atomic E-state index is 14.8. The van der Waals surface area contributed by atoms with Gasteiger partial charge in [0.15, 0.2) is 23.1 Å². The average molecular weight is 440 g/mol. The Bertz CT molecular complexity index is 1170. The smallest absolute Gasteiger partial charge is 0.343 e. The van der Waals surface area contributed by atoms with E-state index in [1.54, 1.807) is 36.4 Å². The van der Waals surface area contributed by atoms with Gasteiger partial charge in [-0.2, -0.15) is 8.78 Å². The Balaban J connectivity index is 1.61. The number of hydrogen-bond acceptors (Lipinski definition) is 3. The molecule has 0 aliphatic carbocycles. The second kappa shape index (κ2) is 9.07. The molecule has 1 heterocycles. The van der Waals surface area contributed by atoms with Gasteiger partial charge < -0.3 is 9.47 Å². The van der Waals surface area contributed by atoms with E-state index in [1.807, 2.05) is 6.92 Å². The topological polar surface area (TPSA) is 35.5 Å². The predicted octanol–water partition coefficient (Wildman–Crippen LogP) is 6.92. The Morgan fingerprint density at radius 1 is 0.875 bits per heavy atom. The van der Waals surface area contributed by atoms with Crippen LogP contribution in [0.2, 0.25) is 0 Å². The summed E-state index contributed by atoms with van der Waals surface area (Å²) in [5.74, 6) is -5.01. The van der Waals surface area contributed by atoms with Crippen molar-refractivity contribution in [3.05, 3.63) is 87.7 Å². The number of halogens is 3. The number of fused-ring (bicyclic) bond motifs is 2. The van der Waals surface area contributed by atoms with Crippen LogP contribution in [0.1, 0.15) is 59.3 Å². The van der Waals surface area contributed by atoms with Crippen molar-refractivity contribution in [2.24, 2.45) is 0 Å². The van der Waals surface area contributed by atoms with Gasteiger partial charge in [-0.05, 0) is 42.2 Å². The maximum absolute atomic E-state index is 14.8. The van der Waals surface area contributed by atoms with Gasteiger partial charge in [0.05, 0.1) is 5.56 Å². The van der Waals surface area contributed by atoms with E-state index in [4.69, 9.17) is 9.47 Å². The third kappa shape index (κ3) is 4.09. The monoisotopic (exact) mass is 440 g/mol. The summed E-state index contributed by atoms with van der Waals surface area (Å²) in [5.41, 5.74) is 2.56. The zero-order chi connectivity index (χ0) is 22.8. The third-order valence-electron chi connectivity index (χ3n) is 5.50. The normalized spacial score (nSPS) is 12.0. The van der Waals surface area contributed by atoms with Gasteiger partial charge in [0.2, 0.25) is 11.6 Å². The molecule has 3 nitrogen and oxygen atoms in total. The minimum Gasteiger partial charge on any atom is -0.450 e. The highest BCUT2D eigenvalue weighted by molar-refractivity contribution is 5.91. The molecule has 0 spiro atoms. The van der Waals surface area contributed by atoms with Crippen molar-refractivity contribution in [1.29, 1.82) is 0 Å². The summed E-state index contributed by atoms with van der Waals surface area (Å²) < 4.78 is 54.9. The van der Waals surface area contributed by atoms with E-state index in [1.165, 1.54) is 6.07 Å². The van der Waals surface area contributed by atoms with E-state index < -0.39 is 29.2 Å². The van der Waals surface area contributed by atoms with Gasteiger partial charge in [-0.15, -0.1) is 0 Å². The molecule has 6 heteroatoms. The summed E-state index contributed by atoms with van der Waals surface area (Å²) in [5, 5.41) is 0. The van der Waals surface area contributed by atoms with Crippen LogP contribution >= 0.6 is 0 Å². The van der Waals surface area contributed by atoms with Gasteiger partial charge in [-0.3, -0.25) is 0 Å². The lowest BCUT2D eigenvalue weighted by molar-refractivity contribution is 0.0726. The summed E-state index contributed by atoms with van der Waals surface area (Å²) in [4.78, 5) is 12.5. The van der Waals surface area contributed by atoms with E-state index in [-0.39, 0.29) is 29.0 Å². The number of hydrogen-bond donors (Lipinski definition) is 0. The number of rotatable bonds is 6. The molecule has 0 amide bonds. The Labute approximate surface area is 184 Å². The zero-order valence-corrected chi connectivity index (χ0v) is 17.9. The van der Waals surface area contributed by atoms with Crippen molar-refractivity contribution in [2.45, 2.75) is 46.0 Å². The summed E-state index contributed by atoms with van der Waals surface area (Å²) in [6, 6.07) is 11.4. The molecule has 1 aliphatic heterocycles. The first-order valence-corrected chi connectivity index (χ1v) is 10.7. The lowest BCUT2D eigenvalue weighted by Crippen LogP contribution is -2.13. The van der Waals surface area contributed by atoms with Crippen LogP contribution < -0.4 is 9.47 Å². The maximum Gasteiger partial charge on any atom is 0.343 e. The van der Waals surface area contributed by atoms with E-state index in [9.17, 15) is 18.0 Å². The van der Waals surface area contributed by atoms with Gasteiger partial charge in [-0.1, -0.05) is 51.0 Å². The molecule has 0 radical (unpaired) electrons. The Morgan fingerprint density at radius 2 is 1.56 bits per heavy atom. The quantitative estimate of drug-likeness (QED) is 0.241. The average Bonchev–Trinajstić information content (AvgIpc) is 2.79. The first-order chi connectivity index (χ1) is 15.4. The highest BCUT2D eigenvalue weighted by Gasteiger charge is 2.29. The summed E-state index contributed by atoms with van der Waals surface area (Å²) in [6.45, 7) is 3.97. The number of carbonyl (C=O) groups excluding carboxylic acids is 1. The van der Waals surface area contributed by atoms with Crippen LogP contribution in [0.25, 0.3) is 0 Å². The molecule has 4 rings (SSSR count). The molecule has 0 N–H and O–H groups in total. The van der Waals surface area contributed by atoms with Gasteiger partial charge in [0.1, 0.15) is 0 Å². The molecule has 0 saturated carbocycles. The number of ether oxygens (including phenoxy) is 2. The van der Waals surface area contributed by atoms with Gasteiger partial charge in [0, 0.05) is 17.5 Å². The van der Waals surface area contributed by atoms with Crippen molar-refractivity contribution >= 4 is 5.97 Å². The highest BCUT2D eigenvalue weighted by Crippen LogP contribution is 2.43. The van der Waals surface area contributed by atoms with Gasteiger partial charge in [0.25, 0.3) is 0 Å². The molecule has 0 unspecified atom stereocenters. The number of esters is 1. The molecule has 0 aromatic heterocycles. The SMILES string of the molecule is CCCc1ccc(C(=O)Oc2cc3c(c(F)c2F)Oc2c(ccc(CCC)c2F)C3)cc1. The fourth-order valence-electron chi connectivity index (χ4n) is 3.86. The van der Waals surface area contributed by atoms with E-state index >= 15 is 0 Å². The van der Waals surface area contributed by atoms with E-state index in [2.05, 4.69) is 6.92 Å². The zero-order valence-electron chi connectivity index (χ0n) is 17.9. The number of benzene rings is 3. The third-order valence-corrected chi connectivity index (χ3v) is 5.50. The van der Waals surface area contributed by atoms with Gasteiger partial charge >= 0.3 is 5.97 Å². The Kier molecular flexibility index (Phi) is 6.21. The van der Waals surface area contributed by atoms with Crippen molar-refractivity contribution in [3.63, 3.8) is 0 Å². The molecule has 166 valence electrons. The van der Waals surface area contributed by atoms with Gasteiger partial charge in [-0.25, -0.2) is 9.18 Å². The summed E-state index contributed by atoms with van der Waals surface area (Å²) >= 11 is 0. The summed E-state index contributed by atoms with van der Waals surface area (Å²) in [6.07, 6.45) is 3.23. The van der Waals surface area contributed by atoms with Crippen molar-refractivity contribution in [1.82, 2.24) is 0 Å². The van der Waals surface area contributed by atoms with Crippen molar-refractivity contribution in [3.8, 4) is 17.2 Å². The minimum absolute atomic E-state index is 0.0846. The largest absolute Gasteiger partial charge is 0.450 e.